The topological polar surface area (TPSA) is 94.1 Å². The number of carbonyl (C=O) groups excluding carboxylic acids is 2. The third-order valence-corrected chi connectivity index (χ3v) is 5.47. The zero-order chi connectivity index (χ0) is 24.9. The maximum atomic E-state index is 13.6. The largest absolute Gasteiger partial charge is 1.00 e. The molecule has 0 spiro atoms. The molecule has 36 heavy (non-hydrogen) atoms. The van der Waals surface area contributed by atoms with Gasteiger partial charge in [0, 0.05) is 23.1 Å². The number of Topliss-reactive ketones (excluding diaryl/α,β-unsaturated/α-hetero) is 1. The molecule has 0 aromatic heterocycles. The Hall–Kier alpha value is -3.26. The van der Waals surface area contributed by atoms with Gasteiger partial charge in [-0.2, -0.15) is 0 Å². The number of hydrogen-bond acceptors (Lipinski definition) is 7. The van der Waals surface area contributed by atoms with E-state index in [1.807, 2.05) is 26.0 Å². The van der Waals surface area contributed by atoms with Gasteiger partial charge in [-0.25, -0.2) is 0 Å². The van der Waals surface area contributed by atoms with E-state index >= 15 is 0 Å². The van der Waals surface area contributed by atoms with Crippen molar-refractivity contribution in [1.29, 1.82) is 0 Å². The first kappa shape index (κ1) is 27.3. The molecule has 0 N–H and O–H groups in total. The maximum absolute atomic E-state index is 13.6. The minimum absolute atomic E-state index is 0. The number of carboxylic acids is 1. The Balaban J connectivity index is 0.00000361. The van der Waals surface area contributed by atoms with Gasteiger partial charge in [0.15, 0.2) is 17.3 Å². The summed E-state index contributed by atoms with van der Waals surface area (Å²) >= 11 is 0. The Morgan fingerprint density at radius 3 is 2.11 bits per heavy atom. The molecule has 0 bridgehead atoms. The molecule has 0 amide bonds. The molecular weight excluding hydrogens is 471 g/mol. The zero-order valence-electron chi connectivity index (χ0n) is 20.7. The molecular formula is C28H25NaO7. The van der Waals surface area contributed by atoms with E-state index in [-0.39, 0.29) is 60.0 Å². The Labute approximate surface area is 231 Å². The van der Waals surface area contributed by atoms with Gasteiger partial charge in [0.05, 0.1) is 19.2 Å². The summed E-state index contributed by atoms with van der Waals surface area (Å²) in [5.74, 6) is 0.311. The Bertz CT molecular complexity index is 1260. The number of ketones is 1. The van der Waals surface area contributed by atoms with E-state index in [1.165, 1.54) is 7.11 Å². The summed E-state index contributed by atoms with van der Waals surface area (Å²) in [6.07, 6.45) is 0.0913. The average molecular weight is 496 g/mol. The van der Waals surface area contributed by atoms with E-state index in [2.05, 4.69) is 0 Å². The van der Waals surface area contributed by atoms with Crippen molar-refractivity contribution in [3.63, 3.8) is 0 Å². The van der Waals surface area contributed by atoms with Gasteiger partial charge in [-0.3, -0.25) is 4.79 Å². The number of carboxylic acid groups (broad SMARTS) is 1. The Morgan fingerprint density at radius 1 is 0.889 bits per heavy atom. The van der Waals surface area contributed by atoms with Crippen LogP contribution in [0.1, 0.15) is 35.3 Å². The Morgan fingerprint density at radius 2 is 1.50 bits per heavy atom. The van der Waals surface area contributed by atoms with Crippen LogP contribution in [0.3, 0.4) is 0 Å². The number of fused-ring (bicyclic) bond motifs is 1. The van der Waals surface area contributed by atoms with E-state index in [1.54, 1.807) is 54.6 Å². The van der Waals surface area contributed by atoms with Gasteiger partial charge in [0.25, 0.3) is 0 Å². The van der Waals surface area contributed by atoms with Crippen LogP contribution in [0.15, 0.2) is 72.3 Å². The predicted molar refractivity (Wildman–Crippen MR) is 128 cm³/mol. The van der Waals surface area contributed by atoms with Crippen LogP contribution in [0.5, 0.6) is 23.0 Å². The summed E-state index contributed by atoms with van der Waals surface area (Å²) in [5, 5.41) is 12.4. The minimum atomic E-state index is -1.46. The molecule has 180 valence electrons. The normalized spacial score (nSPS) is 12.4. The van der Waals surface area contributed by atoms with Gasteiger partial charge in [-0.05, 0) is 73.5 Å². The molecule has 1 heterocycles. The van der Waals surface area contributed by atoms with Crippen LogP contribution in [-0.4, -0.2) is 31.8 Å². The van der Waals surface area contributed by atoms with Gasteiger partial charge in [-0.1, -0.05) is 18.2 Å². The van der Waals surface area contributed by atoms with Gasteiger partial charge < -0.3 is 28.8 Å². The van der Waals surface area contributed by atoms with E-state index in [0.717, 1.165) is 5.56 Å². The van der Waals surface area contributed by atoms with Gasteiger partial charge in [0.2, 0.25) is 6.79 Å². The third kappa shape index (κ3) is 6.29. The van der Waals surface area contributed by atoms with Crippen LogP contribution in [0.25, 0.3) is 5.57 Å². The van der Waals surface area contributed by atoms with Crippen LogP contribution >= 0.6 is 0 Å². The van der Waals surface area contributed by atoms with Crippen molar-refractivity contribution in [2.75, 3.05) is 13.9 Å². The number of hydrogen-bond donors (Lipinski definition) is 0. The van der Waals surface area contributed by atoms with Crippen LogP contribution in [0.2, 0.25) is 0 Å². The number of methoxy groups -OCH3 is 1. The zero-order valence-corrected chi connectivity index (χ0v) is 22.7. The molecule has 4 rings (SSSR count). The first-order chi connectivity index (χ1) is 16.9. The van der Waals surface area contributed by atoms with E-state index in [4.69, 9.17) is 18.9 Å². The third-order valence-electron chi connectivity index (χ3n) is 5.47. The van der Waals surface area contributed by atoms with E-state index < -0.39 is 11.8 Å². The summed E-state index contributed by atoms with van der Waals surface area (Å²) in [7, 11) is 1.53. The summed E-state index contributed by atoms with van der Waals surface area (Å²) < 4.78 is 21.6. The van der Waals surface area contributed by atoms with Crippen LogP contribution in [0.4, 0.5) is 0 Å². The first-order valence-electron chi connectivity index (χ1n) is 11.1. The standard InChI is InChI=1S/C28H26O7.Na/c1-17(2)35-22-9-4-18(5-10-22)14-23(27(29)19-6-11-21(32-3)12-7-19)26(28(30)31)20-8-13-24-25(15-20)34-16-33-24;/h4-13,15,17H,14,16H2,1-3H3,(H,30,31);/q;+1/p-1. The van der Waals surface area contributed by atoms with Gasteiger partial charge in [-0.15, -0.1) is 0 Å². The van der Waals surface area contributed by atoms with Gasteiger partial charge >= 0.3 is 29.6 Å². The van der Waals surface area contributed by atoms with Crippen molar-refractivity contribution < 1.29 is 63.2 Å². The average Bonchev–Trinajstić information content (AvgIpc) is 3.32. The molecule has 8 heteroatoms. The number of carbonyl (C=O) groups is 2. The maximum Gasteiger partial charge on any atom is 1.00 e. The molecule has 1 aliphatic rings. The minimum Gasteiger partial charge on any atom is -0.545 e. The molecule has 1 aliphatic heterocycles. The first-order valence-corrected chi connectivity index (χ1v) is 11.1. The molecule has 3 aromatic rings. The quantitative estimate of drug-likeness (QED) is 0.246. The van der Waals surface area contributed by atoms with Crippen molar-refractivity contribution in [2.24, 2.45) is 0 Å². The monoisotopic (exact) mass is 496 g/mol. The summed E-state index contributed by atoms with van der Waals surface area (Å²) in [5.41, 5.74) is 1.27. The summed E-state index contributed by atoms with van der Waals surface area (Å²) in [4.78, 5) is 26.1. The van der Waals surface area contributed by atoms with Crippen LogP contribution in [-0.2, 0) is 11.2 Å². The molecule has 3 aromatic carbocycles. The van der Waals surface area contributed by atoms with E-state index in [0.29, 0.717) is 34.1 Å². The number of rotatable bonds is 9. The molecule has 0 saturated carbocycles. The molecule has 0 unspecified atom stereocenters. The fraction of sp³-hybridized carbons (Fsp3) is 0.214. The van der Waals surface area contributed by atoms with E-state index in [9.17, 15) is 14.7 Å². The summed E-state index contributed by atoms with van der Waals surface area (Å²) in [6.45, 7) is 3.91. The van der Waals surface area contributed by atoms with Gasteiger partial charge in [0.1, 0.15) is 11.5 Å². The molecule has 0 saturated heterocycles. The van der Waals surface area contributed by atoms with Crippen LogP contribution < -0.4 is 53.6 Å². The van der Waals surface area contributed by atoms with Crippen molar-refractivity contribution in [1.82, 2.24) is 0 Å². The molecule has 0 atom stereocenters. The summed E-state index contributed by atoms with van der Waals surface area (Å²) in [6, 6.07) is 18.5. The van der Waals surface area contributed by atoms with Crippen molar-refractivity contribution >= 4 is 17.3 Å². The number of benzene rings is 3. The van der Waals surface area contributed by atoms with Crippen molar-refractivity contribution in [2.45, 2.75) is 26.4 Å². The van der Waals surface area contributed by atoms with Crippen molar-refractivity contribution in [3.8, 4) is 23.0 Å². The fourth-order valence-electron chi connectivity index (χ4n) is 3.83. The Kier molecular flexibility index (Phi) is 9.20. The van der Waals surface area contributed by atoms with Crippen molar-refractivity contribution in [3.05, 3.63) is 89.0 Å². The molecule has 7 nitrogen and oxygen atoms in total. The molecule has 0 fully saturated rings. The second-order valence-corrected chi connectivity index (χ2v) is 8.25. The second kappa shape index (κ2) is 12.1. The SMILES string of the molecule is COc1ccc(C(=O)C(Cc2ccc(OC(C)C)cc2)=C(C(=O)[O-])c2ccc3c(c2)OCO3)cc1.[Na+]. The molecule has 0 radical (unpaired) electrons. The number of aliphatic carboxylic acids is 1. The number of ether oxygens (including phenoxy) is 4. The van der Waals surface area contributed by atoms with Crippen LogP contribution in [0, 0.1) is 0 Å². The predicted octanol–water partition coefficient (Wildman–Crippen LogP) is 0.844. The fourth-order valence-corrected chi connectivity index (χ4v) is 3.83. The molecule has 0 aliphatic carbocycles. The smallest absolute Gasteiger partial charge is 0.545 e. The number of allylic oxidation sites excluding steroid dienone is 1. The second-order valence-electron chi connectivity index (χ2n) is 8.25.